The fraction of sp³-hybridized carbons (Fsp3) is 0.174. The van der Waals surface area contributed by atoms with Crippen LogP contribution >= 0.6 is 0 Å². The summed E-state index contributed by atoms with van der Waals surface area (Å²) >= 11 is 0. The quantitative estimate of drug-likeness (QED) is 0.611. The van der Waals surface area contributed by atoms with E-state index < -0.39 is 10.0 Å². The van der Waals surface area contributed by atoms with Crippen LogP contribution in [0.2, 0.25) is 0 Å². The van der Waals surface area contributed by atoms with Gasteiger partial charge in [0.15, 0.2) is 11.5 Å². The third kappa shape index (κ3) is 4.80. The number of ether oxygens (including phenoxy) is 2. The summed E-state index contributed by atoms with van der Waals surface area (Å²) in [5, 5.41) is 2.93. The van der Waals surface area contributed by atoms with Gasteiger partial charge < -0.3 is 14.8 Å². The van der Waals surface area contributed by atoms with Crippen LogP contribution in [0, 0.1) is 0 Å². The van der Waals surface area contributed by atoms with Crippen molar-refractivity contribution in [2.24, 2.45) is 0 Å². The summed E-state index contributed by atoms with van der Waals surface area (Å²) in [6, 6.07) is 19.7. The highest BCUT2D eigenvalue weighted by molar-refractivity contribution is 7.92. The number of carbonyl (C=O) groups is 1. The Bertz CT molecular complexity index is 1200. The molecule has 0 radical (unpaired) electrons. The van der Waals surface area contributed by atoms with Crippen molar-refractivity contribution in [2.45, 2.75) is 17.9 Å². The van der Waals surface area contributed by atoms with E-state index in [4.69, 9.17) is 9.47 Å². The molecule has 4 rings (SSSR count). The largest absolute Gasteiger partial charge is 0.486 e. The molecular weight excluding hydrogens is 416 g/mol. The summed E-state index contributed by atoms with van der Waals surface area (Å²) in [7, 11) is -3.74. The highest BCUT2D eigenvalue weighted by atomic mass is 32.2. The van der Waals surface area contributed by atoms with Gasteiger partial charge in [-0.3, -0.25) is 9.52 Å². The highest BCUT2D eigenvalue weighted by Gasteiger charge is 2.18. The van der Waals surface area contributed by atoms with Crippen molar-refractivity contribution in [1.82, 2.24) is 5.32 Å². The summed E-state index contributed by atoms with van der Waals surface area (Å²) in [5.74, 6) is 1.03. The van der Waals surface area contributed by atoms with Crippen LogP contribution in [0.5, 0.6) is 11.5 Å². The zero-order valence-corrected chi connectivity index (χ0v) is 17.7. The van der Waals surface area contributed by atoms with E-state index in [1.165, 1.54) is 18.2 Å². The zero-order valence-electron chi connectivity index (χ0n) is 16.9. The lowest BCUT2D eigenvalue weighted by molar-refractivity contribution is 0.0939. The second kappa shape index (κ2) is 8.69. The minimum atomic E-state index is -3.74. The molecule has 3 aromatic carbocycles. The van der Waals surface area contributed by atoms with Crippen molar-refractivity contribution < 1.29 is 22.7 Å². The molecule has 0 bridgehead atoms. The van der Waals surface area contributed by atoms with Crippen LogP contribution in [0.25, 0.3) is 0 Å². The highest BCUT2D eigenvalue weighted by Crippen LogP contribution is 2.32. The van der Waals surface area contributed by atoms with Crippen LogP contribution in [0.4, 0.5) is 5.69 Å². The van der Waals surface area contributed by atoms with E-state index >= 15 is 0 Å². The van der Waals surface area contributed by atoms with Crippen LogP contribution in [-0.2, 0) is 10.0 Å². The van der Waals surface area contributed by atoms with Crippen molar-refractivity contribution in [2.75, 3.05) is 17.9 Å². The third-order valence-corrected chi connectivity index (χ3v) is 6.24. The van der Waals surface area contributed by atoms with Gasteiger partial charge in [-0.1, -0.05) is 30.3 Å². The van der Waals surface area contributed by atoms with Crippen LogP contribution in [-0.4, -0.2) is 27.5 Å². The van der Waals surface area contributed by atoms with Crippen LogP contribution in [0.15, 0.2) is 77.7 Å². The number of benzene rings is 3. The van der Waals surface area contributed by atoms with E-state index in [0.29, 0.717) is 36.0 Å². The van der Waals surface area contributed by atoms with Gasteiger partial charge in [0.2, 0.25) is 0 Å². The Labute approximate surface area is 181 Å². The molecule has 0 aromatic heterocycles. The molecule has 0 aliphatic carbocycles. The number of sulfonamides is 1. The van der Waals surface area contributed by atoms with Gasteiger partial charge >= 0.3 is 0 Å². The van der Waals surface area contributed by atoms with E-state index in [1.807, 2.05) is 25.1 Å². The average molecular weight is 439 g/mol. The lowest BCUT2D eigenvalue weighted by Crippen LogP contribution is -2.27. The first-order valence-corrected chi connectivity index (χ1v) is 11.3. The first-order chi connectivity index (χ1) is 14.9. The summed E-state index contributed by atoms with van der Waals surface area (Å²) in [4.78, 5) is 12.9. The topological polar surface area (TPSA) is 93.7 Å². The maximum absolute atomic E-state index is 12.8. The Morgan fingerprint density at radius 1 is 0.903 bits per heavy atom. The maximum atomic E-state index is 12.8. The van der Waals surface area contributed by atoms with Gasteiger partial charge in [0.05, 0.1) is 10.9 Å². The normalized spacial score (nSPS) is 13.8. The van der Waals surface area contributed by atoms with Gasteiger partial charge in [-0.25, -0.2) is 8.42 Å². The predicted octanol–water partition coefficient (Wildman–Crippen LogP) is 3.75. The molecular formula is C23H22N2O5S. The third-order valence-electron chi connectivity index (χ3n) is 4.84. The number of amides is 1. The first-order valence-electron chi connectivity index (χ1n) is 9.81. The van der Waals surface area contributed by atoms with Crippen LogP contribution in [0.1, 0.15) is 28.9 Å². The molecule has 1 aliphatic heterocycles. The van der Waals surface area contributed by atoms with E-state index in [1.54, 1.807) is 36.4 Å². The molecule has 0 unspecified atom stereocenters. The van der Waals surface area contributed by atoms with E-state index in [0.717, 1.165) is 5.56 Å². The molecule has 31 heavy (non-hydrogen) atoms. The first kappa shape index (κ1) is 20.7. The van der Waals surface area contributed by atoms with E-state index in [9.17, 15) is 13.2 Å². The van der Waals surface area contributed by atoms with Crippen molar-refractivity contribution >= 4 is 21.6 Å². The van der Waals surface area contributed by atoms with Gasteiger partial charge in [-0.2, -0.15) is 0 Å². The number of hydrogen-bond donors (Lipinski definition) is 2. The summed E-state index contributed by atoms with van der Waals surface area (Å²) in [6.45, 7) is 2.87. The SMILES string of the molecule is C[C@H](NC(=O)c1cccc(NS(=O)(=O)c2ccccc2)c1)c1ccc2c(c1)OCCO2. The molecule has 160 valence electrons. The summed E-state index contributed by atoms with van der Waals surface area (Å²) in [6.07, 6.45) is 0. The molecule has 1 aliphatic rings. The number of rotatable bonds is 6. The van der Waals surface area contributed by atoms with Crippen molar-refractivity contribution in [3.63, 3.8) is 0 Å². The fourth-order valence-corrected chi connectivity index (χ4v) is 4.30. The smallest absolute Gasteiger partial charge is 0.261 e. The van der Waals surface area contributed by atoms with Crippen molar-refractivity contribution in [3.8, 4) is 11.5 Å². The van der Waals surface area contributed by atoms with Gasteiger partial charge in [0.25, 0.3) is 15.9 Å². The Hall–Kier alpha value is -3.52. The Balaban J connectivity index is 1.47. The van der Waals surface area contributed by atoms with Gasteiger partial charge in [0, 0.05) is 11.3 Å². The molecule has 7 nitrogen and oxygen atoms in total. The average Bonchev–Trinajstić information content (AvgIpc) is 2.79. The van der Waals surface area contributed by atoms with Gasteiger partial charge in [-0.05, 0) is 55.0 Å². The number of anilines is 1. The molecule has 0 saturated carbocycles. The minimum Gasteiger partial charge on any atom is -0.486 e. The molecule has 0 spiro atoms. The Morgan fingerprint density at radius 3 is 2.42 bits per heavy atom. The minimum absolute atomic E-state index is 0.150. The second-order valence-corrected chi connectivity index (χ2v) is 8.78. The lowest BCUT2D eigenvalue weighted by Gasteiger charge is -2.21. The zero-order chi connectivity index (χ0) is 21.8. The van der Waals surface area contributed by atoms with E-state index in [2.05, 4.69) is 10.0 Å². The van der Waals surface area contributed by atoms with E-state index in [-0.39, 0.29) is 16.8 Å². The van der Waals surface area contributed by atoms with Crippen LogP contribution in [0.3, 0.4) is 0 Å². The lowest BCUT2D eigenvalue weighted by atomic mass is 10.1. The molecule has 1 heterocycles. The summed E-state index contributed by atoms with van der Waals surface area (Å²) in [5.41, 5.74) is 1.53. The monoisotopic (exact) mass is 438 g/mol. The van der Waals surface area contributed by atoms with Crippen molar-refractivity contribution in [3.05, 3.63) is 83.9 Å². The number of nitrogens with one attached hydrogen (secondary N) is 2. The second-order valence-electron chi connectivity index (χ2n) is 7.10. The molecule has 1 atom stereocenters. The van der Waals surface area contributed by atoms with Gasteiger partial charge in [0.1, 0.15) is 13.2 Å². The predicted molar refractivity (Wildman–Crippen MR) is 117 cm³/mol. The fourth-order valence-electron chi connectivity index (χ4n) is 3.23. The number of carbonyl (C=O) groups excluding carboxylic acids is 1. The maximum Gasteiger partial charge on any atom is 0.261 e. The molecule has 0 saturated heterocycles. The van der Waals surface area contributed by atoms with Crippen molar-refractivity contribution in [1.29, 1.82) is 0 Å². The molecule has 1 amide bonds. The van der Waals surface area contributed by atoms with Crippen LogP contribution < -0.4 is 19.5 Å². The Morgan fingerprint density at radius 2 is 1.65 bits per heavy atom. The summed E-state index contributed by atoms with van der Waals surface area (Å²) < 4.78 is 38.7. The molecule has 2 N–H and O–H groups in total. The molecule has 8 heteroatoms. The number of fused-ring (bicyclic) bond motifs is 1. The molecule has 3 aromatic rings. The van der Waals surface area contributed by atoms with Gasteiger partial charge in [-0.15, -0.1) is 0 Å². The Kier molecular flexibility index (Phi) is 5.81. The standard InChI is InChI=1S/C23H22N2O5S/c1-16(17-10-11-21-22(15-17)30-13-12-29-21)24-23(26)18-6-5-7-19(14-18)25-31(27,28)20-8-3-2-4-9-20/h2-11,14-16,25H,12-13H2,1H3,(H,24,26)/t16-/m0/s1. The number of hydrogen-bond acceptors (Lipinski definition) is 5. The molecule has 0 fully saturated rings.